The molecule has 0 aliphatic rings. The van der Waals surface area contributed by atoms with E-state index in [-0.39, 0.29) is 24.4 Å². The molecule has 0 spiro atoms. The number of furan rings is 1. The molecule has 0 atom stereocenters. The van der Waals surface area contributed by atoms with Gasteiger partial charge >= 0.3 is 0 Å². The summed E-state index contributed by atoms with van der Waals surface area (Å²) in [5.74, 6) is -1.77. The number of hydrogen-bond acceptors (Lipinski definition) is 5. The molecule has 4 N–H and O–H groups in total. The lowest BCUT2D eigenvalue weighted by atomic mass is 10.3. The van der Waals surface area contributed by atoms with Crippen LogP contribution in [-0.2, 0) is 14.8 Å². The average molecular weight is 355 g/mol. The van der Waals surface area contributed by atoms with Gasteiger partial charge in [-0.15, -0.1) is 0 Å². The van der Waals surface area contributed by atoms with Crippen LogP contribution in [0.3, 0.4) is 0 Å². The van der Waals surface area contributed by atoms with Gasteiger partial charge in [-0.1, -0.05) is 0 Å². The van der Waals surface area contributed by atoms with E-state index < -0.39 is 32.6 Å². The Bertz CT molecular complexity index is 849. The summed E-state index contributed by atoms with van der Waals surface area (Å²) in [4.78, 5) is 22.9. The van der Waals surface area contributed by atoms with E-state index in [1.807, 2.05) is 0 Å². The van der Waals surface area contributed by atoms with Crippen molar-refractivity contribution in [3.63, 3.8) is 0 Å². The number of halogens is 1. The average Bonchev–Trinajstić information content (AvgIpc) is 2.99. The maximum absolute atomic E-state index is 13.4. The number of carbonyl (C=O) groups excluding carboxylic acids is 2. The van der Waals surface area contributed by atoms with Crippen LogP contribution in [0.15, 0.2) is 45.9 Å². The second kappa shape index (κ2) is 7.23. The van der Waals surface area contributed by atoms with Gasteiger partial charge in [-0.05, 0) is 30.3 Å². The van der Waals surface area contributed by atoms with Crippen molar-refractivity contribution in [1.82, 2.24) is 5.32 Å². The Kier molecular flexibility index (Phi) is 5.31. The standard InChI is InChI=1S/C14H14FN3O5S/c15-9-6-10(8-11(7-9)24(16,21)22)18-13(19)3-4-17-14(20)12-2-1-5-23-12/h1-2,5-8H,3-4H2,(H,17,20)(H,18,19)(H2,16,21,22). The quantitative estimate of drug-likeness (QED) is 0.706. The molecule has 8 nitrogen and oxygen atoms in total. The van der Waals surface area contributed by atoms with Crippen LogP contribution in [0.1, 0.15) is 17.0 Å². The summed E-state index contributed by atoms with van der Waals surface area (Å²) in [6.07, 6.45) is 1.24. The molecule has 1 heterocycles. The molecule has 0 saturated heterocycles. The van der Waals surface area contributed by atoms with Crippen LogP contribution < -0.4 is 15.8 Å². The summed E-state index contributed by atoms with van der Waals surface area (Å²) in [5, 5.41) is 9.72. The summed E-state index contributed by atoms with van der Waals surface area (Å²) in [6.45, 7) is 0.0166. The zero-order valence-electron chi connectivity index (χ0n) is 12.3. The highest BCUT2D eigenvalue weighted by Gasteiger charge is 2.13. The number of sulfonamides is 1. The molecule has 0 saturated carbocycles. The normalized spacial score (nSPS) is 11.1. The maximum atomic E-state index is 13.4. The maximum Gasteiger partial charge on any atom is 0.286 e. The molecule has 2 amide bonds. The Labute approximate surface area is 136 Å². The van der Waals surface area contributed by atoms with E-state index in [0.717, 1.165) is 18.2 Å². The van der Waals surface area contributed by atoms with Crippen LogP contribution in [0.25, 0.3) is 0 Å². The van der Waals surface area contributed by atoms with Gasteiger partial charge in [-0.2, -0.15) is 0 Å². The molecule has 0 radical (unpaired) electrons. The first-order valence-corrected chi connectivity index (χ1v) is 8.25. The van der Waals surface area contributed by atoms with Crippen molar-refractivity contribution in [3.8, 4) is 0 Å². The highest BCUT2D eigenvalue weighted by Crippen LogP contribution is 2.17. The SMILES string of the molecule is NS(=O)(=O)c1cc(F)cc(NC(=O)CCNC(=O)c2ccco2)c1. The van der Waals surface area contributed by atoms with E-state index in [1.165, 1.54) is 12.3 Å². The number of primary sulfonamides is 1. The summed E-state index contributed by atoms with van der Waals surface area (Å²) >= 11 is 0. The Balaban J connectivity index is 1.91. The fourth-order valence-corrected chi connectivity index (χ4v) is 2.38. The third-order valence-corrected chi connectivity index (χ3v) is 3.76. The van der Waals surface area contributed by atoms with Gasteiger partial charge < -0.3 is 15.1 Å². The number of anilines is 1. The second-order valence-electron chi connectivity index (χ2n) is 4.75. The molecule has 0 bridgehead atoms. The molecule has 2 rings (SSSR count). The molecule has 24 heavy (non-hydrogen) atoms. The molecule has 0 fully saturated rings. The molecule has 1 aromatic heterocycles. The van der Waals surface area contributed by atoms with Crippen molar-refractivity contribution < 1.29 is 26.8 Å². The minimum atomic E-state index is -4.10. The first kappa shape index (κ1) is 17.6. The van der Waals surface area contributed by atoms with Gasteiger partial charge in [0.25, 0.3) is 5.91 Å². The summed E-state index contributed by atoms with van der Waals surface area (Å²) < 4.78 is 40.7. The largest absolute Gasteiger partial charge is 0.459 e. The zero-order chi connectivity index (χ0) is 17.7. The van der Waals surface area contributed by atoms with Gasteiger partial charge in [0, 0.05) is 18.7 Å². The van der Waals surface area contributed by atoms with Gasteiger partial charge in [0.15, 0.2) is 5.76 Å². The first-order valence-electron chi connectivity index (χ1n) is 6.70. The lowest BCUT2D eigenvalue weighted by molar-refractivity contribution is -0.116. The third-order valence-electron chi connectivity index (χ3n) is 2.87. The van der Waals surface area contributed by atoms with Crippen molar-refractivity contribution >= 4 is 27.5 Å². The molecule has 1 aromatic carbocycles. The van der Waals surface area contributed by atoms with E-state index >= 15 is 0 Å². The molecule has 0 aliphatic carbocycles. The fraction of sp³-hybridized carbons (Fsp3) is 0.143. The van der Waals surface area contributed by atoms with Crippen molar-refractivity contribution in [1.29, 1.82) is 0 Å². The molecule has 0 aliphatic heterocycles. The van der Waals surface area contributed by atoms with Gasteiger partial charge in [0.2, 0.25) is 15.9 Å². The van der Waals surface area contributed by atoms with E-state index in [2.05, 4.69) is 10.6 Å². The summed E-state index contributed by atoms with van der Waals surface area (Å²) in [6, 6.07) is 5.76. The van der Waals surface area contributed by atoms with Crippen molar-refractivity contribution in [3.05, 3.63) is 48.2 Å². The topological polar surface area (TPSA) is 132 Å². The number of amides is 2. The first-order chi connectivity index (χ1) is 11.3. The van der Waals surface area contributed by atoms with E-state index in [9.17, 15) is 22.4 Å². The molecule has 2 aromatic rings. The third kappa shape index (κ3) is 4.89. The predicted molar refractivity (Wildman–Crippen MR) is 82.1 cm³/mol. The monoisotopic (exact) mass is 355 g/mol. The highest BCUT2D eigenvalue weighted by atomic mass is 32.2. The van der Waals surface area contributed by atoms with Gasteiger partial charge in [0.05, 0.1) is 11.2 Å². The van der Waals surface area contributed by atoms with Gasteiger partial charge in [0.1, 0.15) is 5.82 Å². The number of nitrogens with two attached hydrogens (primary N) is 1. The summed E-state index contributed by atoms with van der Waals surface area (Å²) in [7, 11) is -4.10. The van der Waals surface area contributed by atoms with E-state index in [0.29, 0.717) is 0 Å². The number of carbonyl (C=O) groups is 2. The molecule has 0 unspecified atom stereocenters. The number of benzene rings is 1. The van der Waals surface area contributed by atoms with Crippen LogP contribution in [0.2, 0.25) is 0 Å². The van der Waals surface area contributed by atoms with Crippen LogP contribution in [-0.4, -0.2) is 26.8 Å². The molecule has 10 heteroatoms. The Morgan fingerprint density at radius 3 is 2.62 bits per heavy atom. The van der Waals surface area contributed by atoms with Crippen LogP contribution >= 0.6 is 0 Å². The molecule has 128 valence electrons. The Morgan fingerprint density at radius 2 is 2.00 bits per heavy atom. The predicted octanol–water partition coefficient (Wildman–Crippen LogP) is 0.825. The molecular weight excluding hydrogens is 341 g/mol. The van der Waals surface area contributed by atoms with Crippen molar-refractivity contribution in [2.75, 3.05) is 11.9 Å². The van der Waals surface area contributed by atoms with Gasteiger partial charge in [-0.25, -0.2) is 17.9 Å². The van der Waals surface area contributed by atoms with Crippen LogP contribution in [0.4, 0.5) is 10.1 Å². The highest BCUT2D eigenvalue weighted by molar-refractivity contribution is 7.89. The Morgan fingerprint density at radius 1 is 1.25 bits per heavy atom. The lowest BCUT2D eigenvalue weighted by Gasteiger charge is -2.08. The van der Waals surface area contributed by atoms with Crippen LogP contribution in [0.5, 0.6) is 0 Å². The van der Waals surface area contributed by atoms with Crippen molar-refractivity contribution in [2.45, 2.75) is 11.3 Å². The number of hydrogen-bond donors (Lipinski definition) is 3. The Hall–Kier alpha value is -2.72. The second-order valence-corrected chi connectivity index (χ2v) is 6.31. The minimum absolute atomic E-state index is 0.0166. The molecular formula is C14H14FN3O5S. The van der Waals surface area contributed by atoms with E-state index in [1.54, 1.807) is 6.07 Å². The number of nitrogens with one attached hydrogen (secondary N) is 2. The van der Waals surface area contributed by atoms with E-state index in [4.69, 9.17) is 9.56 Å². The van der Waals surface area contributed by atoms with Gasteiger partial charge in [-0.3, -0.25) is 9.59 Å². The lowest BCUT2D eigenvalue weighted by Crippen LogP contribution is -2.27. The fourth-order valence-electron chi connectivity index (χ4n) is 1.81. The summed E-state index contributed by atoms with van der Waals surface area (Å²) in [5.41, 5.74) is -0.0543. The minimum Gasteiger partial charge on any atom is -0.459 e. The smallest absolute Gasteiger partial charge is 0.286 e. The van der Waals surface area contributed by atoms with Crippen molar-refractivity contribution in [2.24, 2.45) is 5.14 Å². The van der Waals surface area contributed by atoms with Crippen LogP contribution in [0, 0.1) is 5.82 Å². The zero-order valence-corrected chi connectivity index (χ0v) is 13.1. The number of rotatable bonds is 6.